The Kier molecular flexibility index (Phi) is 4.38. The highest BCUT2D eigenvalue weighted by Gasteiger charge is 2.25. The van der Waals surface area contributed by atoms with Crippen molar-refractivity contribution in [1.82, 2.24) is 24.4 Å². The summed E-state index contributed by atoms with van der Waals surface area (Å²) in [5.41, 5.74) is 8.30. The van der Waals surface area contributed by atoms with Crippen molar-refractivity contribution in [2.45, 2.75) is 53.5 Å². The Bertz CT molecular complexity index is 1280. The first-order valence-corrected chi connectivity index (χ1v) is 10.8. The van der Waals surface area contributed by atoms with E-state index in [2.05, 4.69) is 32.8 Å². The monoisotopic (exact) mass is 395 g/mol. The minimum Gasteiger partial charge on any atom is -0.253 e. The zero-order chi connectivity index (χ0) is 20.3. The fourth-order valence-corrected chi connectivity index (χ4v) is 4.83. The van der Waals surface area contributed by atoms with Gasteiger partial charge in [-0.05, 0) is 75.4 Å². The normalized spacial score (nSPS) is 13.0. The van der Waals surface area contributed by atoms with E-state index in [9.17, 15) is 4.21 Å². The third-order valence-corrected chi connectivity index (χ3v) is 7.08. The summed E-state index contributed by atoms with van der Waals surface area (Å²) in [6, 6.07) is 1.99. The Labute approximate surface area is 167 Å². The highest BCUT2D eigenvalue weighted by atomic mass is 32.2. The summed E-state index contributed by atoms with van der Waals surface area (Å²) < 4.78 is 16.7. The summed E-state index contributed by atoms with van der Waals surface area (Å²) in [5, 5.41) is 11.1. The van der Waals surface area contributed by atoms with Crippen LogP contribution in [0.15, 0.2) is 17.3 Å². The molecule has 1 unspecified atom stereocenters. The van der Waals surface area contributed by atoms with Gasteiger partial charge in [0.25, 0.3) is 0 Å². The van der Waals surface area contributed by atoms with Crippen LogP contribution in [-0.4, -0.2) is 34.3 Å². The Morgan fingerprint density at radius 1 is 1.00 bits per heavy atom. The molecule has 146 valence electrons. The zero-order valence-electron chi connectivity index (χ0n) is 17.4. The Morgan fingerprint density at radius 3 is 2.36 bits per heavy atom. The number of aryl methyl sites for hydroxylation is 4. The van der Waals surface area contributed by atoms with E-state index in [4.69, 9.17) is 10.1 Å². The Hall–Kier alpha value is -2.54. The van der Waals surface area contributed by atoms with Gasteiger partial charge in [0.05, 0.1) is 28.2 Å². The highest BCUT2D eigenvalue weighted by molar-refractivity contribution is 7.85. The van der Waals surface area contributed by atoms with Crippen molar-refractivity contribution >= 4 is 27.3 Å². The Balaban J connectivity index is 2.16. The summed E-state index contributed by atoms with van der Waals surface area (Å²) >= 11 is 0. The average Bonchev–Trinajstić information content (AvgIpc) is 3.22. The van der Waals surface area contributed by atoms with Crippen LogP contribution in [-0.2, 0) is 10.8 Å². The quantitative estimate of drug-likeness (QED) is 0.525. The van der Waals surface area contributed by atoms with Crippen molar-refractivity contribution in [3.8, 4) is 5.82 Å². The first-order valence-electron chi connectivity index (χ1n) is 9.46. The smallest absolute Gasteiger partial charge is 0.178 e. The lowest BCUT2D eigenvalue weighted by atomic mass is 9.96. The number of benzene rings is 1. The SMILES string of the molecule is CCS(=O)c1c2c(C)c(C)c(C)c(C)c2nn1-c1nc2cc(C)cnn2c1C. The van der Waals surface area contributed by atoms with Crippen LogP contribution in [0.2, 0.25) is 0 Å². The van der Waals surface area contributed by atoms with Gasteiger partial charge in [0, 0.05) is 11.1 Å². The molecule has 0 aliphatic rings. The molecule has 3 aromatic heterocycles. The van der Waals surface area contributed by atoms with Crippen LogP contribution < -0.4 is 0 Å². The first kappa shape index (κ1) is 18.8. The van der Waals surface area contributed by atoms with E-state index in [0.29, 0.717) is 11.6 Å². The third-order valence-electron chi connectivity index (χ3n) is 5.75. The van der Waals surface area contributed by atoms with Gasteiger partial charge in [0.2, 0.25) is 0 Å². The van der Waals surface area contributed by atoms with E-state index in [-0.39, 0.29) is 0 Å². The maximum Gasteiger partial charge on any atom is 0.178 e. The molecule has 0 spiro atoms. The van der Waals surface area contributed by atoms with E-state index < -0.39 is 10.8 Å². The van der Waals surface area contributed by atoms with E-state index in [1.54, 1.807) is 4.68 Å². The van der Waals surface area contributed by atoms with Crippen LogP contribution in [0, 0.1) is 41.5 Å². The number of rotatable bonds is 3. The fourth-order valence-electron chi connectivity index (χ4n) is 3.75. The summed E-state index contributed by atoms with van der Waals surface area (Å²) in [6.07, 6.45) is 1.82. The van der Waals surface area contributed by atoms with Gasteiger partial charge in [-0.1, -0.05) is 6.92 Å². The van der Waals surface area contributed by atoms with Gasteiger partial charge in [-0.15, -0.1) is 0 Å². The molecular weight excluding hydrogens is 370 g/mol. The molecule has 0 aliphatic heterocycles. The number of nitrogens with zero attached hydrogens (tertiary/aromatic N) is 5. The van der Waals surface area contributed by atoms with E-state index in [0.717, 1.165) is 44.0 Å². The van der Waals surface area contributed by atoms with Crippen molar-refractivity contribution < 1.29 is 4.21 Å². The van der Waals surface area contributed by atoms with E-state index in [1.807, 2.05) is 37.5 Å². The van der Waals surface area contributed by atoms with Crippen LogP contribution >= 0.6 is 0 Å². The highest BCUT2D eigenvalue weighted by Crippen LogP contribution is 2.34. The molecule has 4 aromatic rings. The Morgan fingerprint density at radius 2 is 1.68 bits per heavy atom. The lowest BCUT2D eigenvalue weighted by Gasteiger charge is -2.11. The minimum atomic E-state index is -1.18. The molecule has 0 aliphatic carbocycles. The van der Waals surface area contributed by atoms with Gasteiger partial charge in [-0.3, -0.25) is 4.21 Å². The number of aromatic nitrogens is 5. The summed E-state index contributed by atoms with van der Waals surface area (Å²) in [6.45, 7) is 14.3. The van der Waals surface area contributed by atoms with Crippen LogP contribution in [0.25, 0.3) is 22.4 Å². The number of hydrogen-bond donors (Lipinski definition) is 0. The molecule has 7 heteroatoms. The molecular formula is C21H25N5OS. The second-order valence-corrected chi connectivity index (χ2v) is 9.05. The van der Waals surface area contributed by atoms with E-state index in [1.165, 1.54) is 11.1 Å². The largest absolute Gasteiger partial charge is 0.253 e. The molecule has 4 rings (SSSR count). The first-order chi connectivity index (χ1) is 13.3. The van der Waals surface area contributed by atoms with Crippen molar-refractivity contribution in [3.63, 3.8) is 0 Å². The summed E-state index contributed by atoms with van der Waals surface area (Å²) in [5.74, 6) is 1.20. The molecule has 0 N–H and O–H groups in total. The van der Waals surface area contributed by atoms with Gasteiger partial charge in [-0.2, -0.15) is 10.2 Å². The van der Waals surface area contributed by atoms with Gasteiger partial charge >= 0.3 is 0 Å². The lowest BCUT2D eigenvalue weighted by Crippen LogP contribution is -2.08. The van der Waals surface area contributed by atoms with Crippen LogP contribution in [0.5, 0.6) is 0 Å². The molecule has 6 nitrogen and oxygen atoms in total. The molecule has 0 saturated carbocycles. The second kappa shape index (κ2) is 6.51. The zero-order valence-corrected chi connectivity index (χ0v) is 18.2. The molecule has 0 fully saturated rings. The van der Waals surface area contributed by atoms with Crippen molar-refractivity contribution in [3.05, 3.63) is 45.8 Å². The number of fused-ring (bicyclic) bond motifs is 2. The van der Waals surface area contributed by atoms with Crippen LogP contribution in [0.1, 0.15) is 40.4 Å². The molecule has 0 bridgehead atoms. The van der Waals surface area contributed by atoms with Crippen molar-refractivity contribution in [2.24, 2.45) is 0 Å². The average molecular weight is 396 g/mol. The maximum absolute atomic E-state index is 13.1. The predicted octanol–water partition coefficient (Wildman–Crippen LogP) is 4.05. The third kappa shape index (κ3) is 2.53. The standard InChI is InChI=1S/C21H25N5OS/c1-8-28(27)21-18-14(5)12(3)13(4)15(6)19(18)24-26(21)20-16(7)25-17(23-20)9-11(2)10-22-25/h9-10H,8H2,1-7H3. The molecule has 28 heavy (non-hydrogen) atoms. The van der Waals surface area contributed by atoms with Gasteiger partial charge < -0.3 is 0 Å². The lowest BCUT2D eigenvalue weighted by molar-refractivity contribution is 0.672. The summed E-state index contributed by atoms with van der Waals surface area (Å²) in [4.78, 5) is 4.79. The van der Waals surface area contributed by atoms with Crippen molar-refractivity contribution in [2.75, 3.05) is 5.75 Å². The molecule has 0 saturated heterocycles. The minimum absolute atomic E-state index is 0.524. The van der Waals surface area contributed by atoms with Gasteiger partial charge in [-0.25, -0.2) is 14.2 Å². The van der Waals surface area contributed by atoms with Crippen LogP contribution in [0.3, 0.4) is 0 Å². The summed E-state index contributed by atoms with van der Waals surface area (Å²) in [7, 11) is -1.18. The van der Waals surface area contributed by atoms with Crippen molar-refractivity contribution in [1.29, 1.82) is 0 Å². The number of imidazole rings is 1. The van der Waals surface area contributed by atoms with Gasteiger partial charge in [0.1, 0.15) is 5.03 Å². The van der Waals surface area contributed by atoms with Crippen LogP contribution in [0.4, 0.5) is 0 Å². The molecule has 3 heterocycles. The molecule has 0 radical (unpaired) electrons. The maximum atomic E-state index is 13.1. The second-order valence-electron chi connectivity index (χ2n) is 7.40. The molecule has 0 amide bonds. The fraction of sp³-hybridized carbons (Fsp3) is 0.381. The molecule has 1 atom stereocenters. The number of hydrogen-bond acceptors (Lipinski definition) is 4. The predicted molar refractivity (Wildman–Crippen MR) is 113 cm³/mol. The topological polar surface area (TPSA) is 65.1 Å². The van der Waals surface area contributed by atoms with Gasteiger partial charge in [0.15, 0.2) is 11.5 Å². The van der Waals surface area contributed by atoms with E-state index >= 15 is 0 Å². The molecule has 1 aromatic carbocycles.